The van der Waals surface area contributed by atoms with Crippen molar-refractivity contribution in [1.29, 1.82) is 0 Å². The highest BCUT2D eigenvalue weighted by molar-refractivity contribution is 5.89. The normalized spacial score (nSPS) is 14.7. The van der Waals surface area contributed by atoms with E-state index >= 15 is 0 Å². The second-order valence-electron chi connectivity index (χ2n) is 6.45. The highest BCUT2D eigenvalue weighted by Crippen LogP contribution is 2.35. The average Bonchev–Trinajstić information content (AvgIpc) is 3.04. The molecule has 2 amide bonds. The van der Waals surface area contributed by atoms with Crippen LogP contribution in [0.15, 0.2) is 36.4 Å². The fraction of sp³-hybridized carbons (Fsp3) is 0.316. The molecule has 6 nitrogen and oxygen atoms in total. The summed E-state index contributed by atoms with van der Waals surface area (Å²) in [4.78, 5) is 12.1. The average molecular weight is 342 g/mol. The van der Waals surface area contributed by atoms with Gasteiger partial charge >= 0.3 is 6.03 Å². The minimum absolute atomic E-state index is 0.0588. The van der Waals surface area contributed by atoms with Crippen molar-refractivity contribution in [2.75, 3.05) is 18.7 Å². The number of benzene rings is 2. The van der Waals surface area contributed by atoms with Gasteiger partial charge in [-0.1, -0.05) is 12.1 Å². The van der Waals surface area contributed by atoms with Crippen molar-refractivity contribution in [3.05, 3.63) is 53.1 Å². The number of fused-ring (bicyclic) bond motifs is 1. The first-order valence-electron chi connectivity index (χ1n) is 8.10. The van der Waals surface area contributed by atoms with E-state index in [-0.39, 0.29) is 19.4 Å². The smallest absolute Gasteiger partial charge is 0.319 e. The predicted octanol–water partition coefficient (Wildman–Crippen LogP) is 3.06. The van der Waals surface area contributed by atoms with Crippen LogP contribution < -0.4 is 20.1 Å². The Morgan fingerprint density at radius 2 is 1.88 bits per heavy atom. The van der Waals surface area contributed by atoms with Gasteiger partial charge in [0.25, 0.3) is 0 Å². The molecular formula is C19H22N2O4. The van der Waals surface area contributed by atoms with Crippen molar-refractivity contribution in [3.63, 3.8) is 0 Å². The van der Waals surface area contributed by atoms with E-state index in [9.17, 15) is 9.90 Å². The van der Waals surface area contributed by atoms with Crippen LogP contribution in [0.5, 0.6) is 11.5 Å². The van der Waals surface area contributed by atoms with Gasteiger partial charge in [-0.3, -0.25) is 0 Å². The molecule has 3 rings (SSSR count). The number of nitrogens with one attached hydrogen (secondary N) is 2. The third-order valence-electron chi connectivity index (χ3n) is 4.35. The predicted molar refractivity (Wildman–Crippen MR) is 95.1 cm³/mol. The Balaban J connectivity index is 1.61. The summed E-state index contributed by atoms with van der Waals surface area (Å²) >= 11 is 0. The lowest BCUT2D eigenvalue weighted by Gasteiger charge is -2.24. The molecule has 0 saturated carbocycles. The van der Waals surface area contributed by atoms with Crippen LogP contribution in [0, 0.1) is 13.8 Å². The second-order valence-corrected chi connectivity index (χ2v) is 6.45. The van der Waals surface area contributed by atoms with Crippen LogP contribution in [0.4, 0.5) is 10.5 Å². The van der Waals surface area contributed by atoms with Gasteiger partial charge in [-0.15, -0.1) is 0 Å². The van der Waals surface area contributed by atoms with Gasteiger partial charge in [0, 0.05) is 5.69 Å². The molecule has 2 aromatic carbocycles. The van der Waals surface area contributed by atoms with Gasteiger partial charge in [0.2, 0.25) is 6.79 Å². The summed E-state index contributed by atoms with van der Waals surface area (Å²) in [5.41, 5.74) is 2.38. The molecule has 1 aliphatic rings. The maximum absolute atomic E-state index is 12.1. The number of carbonyl (C=O) groups is 1. The van der Waals surface area contributed by atoms with Crippen LogP contribution in [0.1, 0.15) is 23.6 Å². The van der Waals surface area contributed by atoms with E-state index in [4.69, 9.17) is 9.47 Å². The number of hydrogen-bond donors (Lipinski definition) is 3. The molecule has 0 spiro atoms. The molecule has 3 N–H and O–H groups in total. The van der Waals surface area contributed by atoms with Crippen molar-refractivity contribution in [2.24, 2.45) is 0 Å². The highest BCUT2D eigenvalue weighted by atomic mass is 16.7. The molecule has 132 valence electrons. The van der Waals surface area contributed by atoms with E-state index in [0.717, 1.165) is 11.1 Å². The lowest BCUT2D eigenvalue weighted by atomic mass is 9.95. The number of ether oxygens (including phenoxy) is 2. The molecule has 0 saturated heterocycles. The van der Waals surface area contributed by atoms with Gasteiger partial charge in [-0.2, -0.15) is 0 Å². The Labute approximate surface area is 146 Å². The number of hydrogen-bond acceptors (Lipinski definition) is 4. The maximum atomic E-state index is 12.1. The van der Waals surface area contributed by atoms with Crippen molar-refractivity contribution >= 4 is 11.7 Å². The lowest BCUT2D eigenvalue weighted by molar-refractivity contribution is 0.0597. The van der Waals surface area contributed by atoms with Crippen LogP contribution >= 0.6 is 0 Å². The summed E-state index contributed by atoms with van der Waals surface area (Å²) in [5.74, 6) is 1.25. The minimum Gasteiger partial charge on any atom is -0.454 e. The van der Waals surface area contributed by atoms with Crippen molar-refractivity contribution in [3.8, 4) is 11.5 Å². The Morgan fingerprint density at radius 1 is 1.12 bits per heavy atom. The number of aryl methyl sites for hydroxylation is 2. The summed E-state index contributed by atoms with van der Waals surface area (Å²) in [7, 11) is 0. The van der Waals surface area contributed by atoms with Crippen molar-refractivity contribution in [2.45, 2.75) is 26.4 Å². The van der Waals surface area contributed by atoms with Gasteiger partial charge in [-0.05, 0) is 61.7 Å². The molecule has 2 aromatic rings. The van der Waals surface area contributed by atoms with Crippen molar-refractivity contribution < 1.29 is 19.4 Å². The van der Waals surface area contributed by atoms with Crippen LogP contribution in [-0.2, 0) is 5.60 Å². The molecule has 1 atom stereocenters. The zero-order chi connectivity index (χ0) is 18.0. The number of carbonyl (C=O) groups excluding carboxylic acids is 1. The largest absolute Gasteiger partial charge is 0.454 e. The zero-order valence-corrected chi connectivity index (χ0v) is 14.6. The number of amides is 2. The first-order chi connectivity index (χ1) is 11.8. The molecule has 1 aliphatic heterocycles. The van der Waals surface area contributed by atoms with Gasteiger partial charge in [0.1, 0.15) is 5.60 Å². The Bertz CT molecular complexity index is 802. The van der Waals surface area contributed by atoms with Gasteiger partial charge < -0.3 is 25.2 Å². The highest BCUT2D eigenvalue weighted by Gasteiger charge is 2.26. The number of anilines is 1. The fourth-order valence-electron chi connectivity index (χ4n) is 2.58. The summed E-state index contributed by atoms with van der Waals surface area (Å²) in [5, 5.41) is 16.1. The maximum Gasteiger partial charge on any atom is 0.319 e. The Kier molecular flexibility index (Phi) is 4.55. The molecule has 1 heterocycles. The van der Waals surface area contributed by atoms with E-state index < -0.39 is 5.60 Å². The molecule has 0 fully saturated rings. The minimum atomic E-state index is -1.23. The summed E-state index contributed by atoms with van der Waals surface area (Å²) in [6.07, 6.45) is 0. The summed E-state index contributed by atoms with van der Waals surface area (Å²) in [6, 6.07) is 10.6. The van der Waals surface area contributed by atoms with E-state index in [2.05, 4.69) is 10.6 Å². The first kappa shape index (κ1) is 17.1. The van der Waals surface area contributed by atoms with Crippen LogP contribution in [0.25, 0.3) is 0 Å². The third-order valence-corrected chi connectivity index (χ3v) is 4.35. The van der Waals surface area contributed by atoms with E-state index in [0.29, 0.717) is 22.7 Å². The molecule has 0 bridgehead atoms. The van der Waals surface area contributed by atoms with Gasteiger partial charge in [0.05, 0.1) is 6.54 Å². The fourth-order valence-corrected chi connectivity index (χ4v) is 2.58. The third kappa shape index (κ3) is 3.85. The Morgan fingerprint density at radius 3 is 2.64 bits per heavy atom. The van der Waals surface area contributed by atoms with Gasteiger partial charge in [-0.25, -0.2) is 4.79 Å². The topological polar surface area (TPSA) is 79.8 Å². The molecule has 0 radical (unpaired) electrons. The molecule has 6 heteroatoms. The molecule has 0 aliphatic carbocycles. The molecule has 1 unspecified atom stereocenters. The SMILES string of the molecule is Cc1ccc(NC(=O)NCC(C)(O)c2ccc3c(c2)OCO3)cc1C. The van der Waals surface area contributed by atoms with Crippen LogP contribution in [-0.4, -0.2) is 24.5 Å². The molecule has 0 aromatic heterocycles. The van der Waals surface area contributed by atoms with Crippen LogP contribution in [0.3, 0.4) is 0 Å². The van der Waals surface area contributed by atoms with Crippen molar-refractivity contribution in [1.82, 2.24) is 5.32 Å². The van der Waals surface area contributed by atoms with Gasteiger partial charge in [0.15, 0.2) is 11.5 Å². The first-order valence-corrected chi connectivity index (χ1v) is 8.10. The quantitative estimate of drug-likeness (QED) is 0.798. The monoisotopic (exact) mass is 342 g/mol. The van der Waals surface area contributed by atoms with E-state index in [1.807, 2.05) is 32.0 Å². The van der Waals surface area contributed by atoms with E-state index in [1.54, 1.807) is 25.1 Å². The second kappa shape index (κ2) is 6.64. The van der Waals surface area contributed by atoms with E-state index in [1.165, 1.54) is 0 Å². The summed E-state index contributed by atoms with van der Waals surface area (Å²) < 4.78 is 10.6. The summed E-state index contributed by atoms with van der Waals surface area (Å²) in [6.45, 7) is 5.88. The molecular weight excluding hydrogens is 320 g/mol. The lowest BCUT2D eigenvalue weighted by Crippen LogP contribution is -2.40. The number of aliphatic hydroxyl groups is 1. The number of rotatable bonds is 4. The Hall–Kier alpha value is -2.73. The molecule has 25 heavy (non-hydrogen) atoms. The zero-order valence-electron chi connectivity index (χ0n) is 14.6. The standard InChI is InChI=1S/C19H22N2O4/c1-12-4-6-15(8-13(12)2)21-18(22)20-10-19(3,23)14-5-7-16-17(9-14)25-11-24-16/h4-9,23H,10-11H2,1-3H3,(H2,20,21,22). The van der Waals surface area contributed by atoms with Crippen LogP contribution in [0.2, 0.25) is 0 Å². The number of urea groups is 1.